The third-order valence-corrected chi connectivity index (χ3v) is 2.97. The Morgan fingerprint density at radius 1 is 1.77 bits per heavy atom. The van der Waals surface area contributed by atoms with Gasteiger partial charge in [0.25, 0.3) is 0 Å². The Morgan fingerprint density at radius 3 is 3.08 bits per heavy atom. The maximum atomic E-state index is 11.0. The van der Waals surface area contributed by atoms with E-state index in [1.165, 1.54) is 0 Å². The number of hydrogen-bond acceptors (Lipinski definition) is 3. The maximum absolute atomic E-state index is 11.0. The summed E-state index contributed by atoms with van der Waals surface area (Å²) in [4.78, 5) is 11.0. The largest absolute Gasteiger partial charge is 0.314 e. The fraction of sp³-hybridized carbons (Fsp3) is 0.889. The summed E-state index contributed by atoms with van der Waals surface area (Å²) < 4.78 is 0. The van der Waals surface area contributed by atoms with Crippen LogP contribution in [0.5, 0.6) is 0 Å². The number of likely N-dealkylation sites (N-methyl/N-ethyl adjacent to an activating group) is 1. The van der Waals surface area contributed by atoms with Gasteiger partial charge in [-0.25, -0.2) is 0 Å². The van der Waals surface area contributed by atoms with E-state index >= 15 is 0 Å². The summed E-state index contributed by atoms with van der Waals surface area (Å²) in [6.07, 6.45) is 3.75. The second-order valence-corrected chi connectivity index (χ2v) is 3.67. The van der Waals surface area contributed by atoms with E-state index in [9.17, 15) is 4.79 Å². The third-order valence-electron chi connectivity index (χ3n) is 2.97. The molecule has 0 aromatic rings. The lowest BCUT2D eigenvalue weighted by Crippen LogP contribution is -2.51. The molecule has 1 rings (SSSR count). The lowest BCUT2D eigenvalue weighted by atomic mass is 9.83. The summed E-state index contributed by atoms with van der Waals surface area (Å²) in [5.41, 5.74) is -0.352. The van der Waals surface area contributed by atoms with E-state index in [0.717, 1.165) is 32.2 Å². The van der Waals surface area contributed by atoms with E-state index in [1.807, 2.05) is 7.05 Å². The van der Waals surface area contributed by atoms with Gasteiger partial charge in [-0.15, -0.1) is 0 Å². The topological polar surface area (TPSA) is 41.1 Å². The molecule has 13 heavy (non-hydrogen) atoms. The van der Waals surface area contributed by atoms with E-state index in [0.29, 0.717) is 12.2 Å². The van der Waals surface area contributed by atoms with Crippen molar-refractivity contribution in [3.63, 3.8) is 0 Å². The van der Waals surface area contributed by atoms with Crippen molar-refractivity contribution in [1.29, 1.82) is 0 Å². The summed E-state index contributed by atoms with van der Waals surface area (Å²) in [5, 5.41) is 6.35. The molecule has 0 aliphatic carbocycles. The van der Waals surface area contributed by atoms with Gasteiger partial charge in [-0.1, -0.05) is 12.7 Å². The van der Waals surface area contributed by atoms with Crippen LogP contribution in [0.4, 0.5) is 0 Å². The van der Waals surface area contributed by atoms with Crippen LogP contribution in [0, 0.1) is 5.92 Å². The molecular weight excluding hydrogens is 163 g/mol. The molecule has 0 aromatic heterocycles. The summed E-state index contributed by atoms with van der Waals surface area (Å²) in [7, 11) is 7.29. The van der Waals surface area contributed by atoms with Crippen molar-refractivity contribution in [3.8, 4) is 0 Å². The molecule has 2 N–H and O–H groups in total. The highest BCUT2D eigenvalue weighted by atomic mass is 16.1. The van der Waals surface area contributed by atoms with E-state index in [1.54, 1.807) is 0 Å². The Morgan fingerprint density at radius 2 is 2.54 bits per heavy atom. The molecular formula is C9H17BN2O. The highest BCUT2D eigenvalue weighted by Crippen LogP contribution is 2.24. The average molecular weight is 180 g/mol. The van der Waals surface area contributed by atoms with E-state index in [4.69, 9.17) is 7.85 Å². The Labute approximate surface area is 81.1 Å². The number of aldehydes is 1. The first-order valence-electron chi connectivity index (χ1n) is 4.85. The first-order chi connectivity index (χ1) is 6.29. The fourth-order valence-corrected chi connectivity index (χ4v) is 1.99. The third kappa shape index (κ3) is 2.12. The molecule has 0 amide bonds. The zero-order valence-corrected chi connectivity index (χ0v) is 8.18. The van der Waals surface area contributed by atoms with Gasteiger partial charge in [-0.05, 0) is 19.4 Å². The number of carbonyl (C=O) groups is 1. The molecule has 1 saturated heterocycles. The molecule has 0 saturated carbocycles. The first kappa shape index (κ1) is 10.7. The molecule has 1 aliphatic rings. The van der Waals surface area contributed by atoms with Crippen LogP contribution in [-0.4, -0.2) is 39.8 Å². The van der Waals surface area contributed by atoms with Crippen LogP contribution in [0.2, 0.25) is 6.32 Å². The minimum absolute atomic E-state index is 0.352. The van der Waals surface area contributed by atoms with Gasteiger partial charge < -0.3 is 15.4 Å². The quantitative estimate of drug-likeness (QED) is 0.452. The van der Waals surface area contributed by atoms with Gasteiger partial charge in [-0.3, -0.25) is 0 Å². The Bertz CT molecular complexity index is 177. The SMILES string of the molecule is [B]CCC[C@H]1CNC[C@]1(C=O)NC. The Balaban J connectivity index is 2.55. The molecule has 1 fully saturated rings. The second-order valence-electron chi connectivity index (χ2n) is 3.67. The van der Waals surface area contributed by atoms with E-state index in [-0.39, 0.29) is 5.54 Å². The van der Waals surface area contributed by atoms with Crippen molar-refractivity contribution in [2.45, 2.75) is 24.7 Å². The van der Waals surface area contributed by atoms with E-state index < -0.39 is 0 Å². The van der Waals surface area contributed by atoms with Gasteiger partial charge in [0.1, 0.15) is 6.29 Å². The van der Waals surface area contributed by atoms with Crippen LogP contribution in [0.1, 0.15) is 12.8 Å². The summed E-state index contributed by atoms with van der Waals surface area (Å²) >= 11 is 0. The summed E-state index contributed by atoms with van der Waals surface area (Å²) in [5.74, 6) is 0.388. The fourth-order valence-electron chi connectivity index (χ4n) is 1.99. The lowest BCUT2D eigenvalue weighted by molar-refractivity contribution is -0.114. The second kappa shape index (κ2) is 4.77. The highest BCUT2D eigenvalue weighted by Gasteiger charge is 2.40. The molecule has 72 valence electrons. The molecule has 2 atom stereocenters. The van der Waals surface area contributed by atoms with Crippen LogP contribution >= 0.6 is 0 Å². The Hall–Kier alpha value is -0.345. The zero-order valence-electron chi connectivity index (χ0n) is 8.18. The molecule has 3 nitrogen and oxygen atoms in total. The molecule has 0 aromatic carbocycles. The lowest BCUT2D eigenvalue weighted by Gasteiger charge is -2.28. The molecule has 0 spiro atoms. The molecule has 4 heteroatoms. The molecule has 1 heterocycles. The molecule has 0 unspecified atom stereocenters. The van der Waals surface area contributed by atoms with Gasteiger partial charge in [0.15, 0.2) is 0 Å². The minimum Gasteiger partial charge on any atom is -0.314 e. The van der Waals surface area contributed by atoms with Crippen molar-refractivity contribution in [2.75, 3.05) is 20.1 Å². The van der Waals surface area contributed by atoms with Gasteiger partial charge in [0.2, 0.25) is 0 Å². The monoisotopic (exact) mass is 180 g/mol. The summed E-state index contributed by atoms with van der Waals surface area (Å²) in [6, 6.07) is 0. The van der Waals surface area contributed by atoms with Crippen LogP contribution in [0.3, 0.4) is 0 Å². The van der Waals surface area contributed by atoms with E-state index in [2.05, 4.69) is 10.6 Å². The van der Waals surface area contributed by atoms with Gasteiger partial charge in [0, 0.05) is 13.1 Å². The predicted molar refractivity (Wildman–Crippen MR) is 54.0 cm³/mol. The molecule has 0 bridgehead atoms. The number of rotatable bonds is 5. The van der Waals surface area contributed by atoms with Crippen LogP contribution in [0.15, 0.2) is 0 Å². The van der Waals surface area contributed by atoms with Crippen molar-refractivity contribution in [2.24, 2.45) is 5.92 Å². The highest BCUT2D eigenvalue weighted by molar-refractivity contribution is 6.08. The first-order valence-corrected chi connectivity index (χ1v) is 4.85. The average Bonchev–Trinajstić information content (AvgIpc) is 2.58. The maximum Gasteiger partial charge on any atom is 0.141 e. The summed E-state index contributed by atoms with van der Waals surface area (Å²) in [6.45, 7) is 1.65. The Kier molecular flexibility index (Phi) is 3.94. The standard InChI is InChI=1S/C9H17BN2O/c1-11-9(7-13)6-12-5-8(9)3-2-4-10/h7-8,11-12H,2-6H2,1H3/t8-,9+/m0/s1. The predicted octanol–water partition coefficient (Wildman–Crippen LogP) is -0.270. The normalized spacial score (nSPS) is 33.5. The van der Waals surface area contributed by atoms with Crippen LogP contribution < -0.4 is 10.6 Å². The minimum atomic E-state index is -0.352. The van der Waals surface area contributed by atoms with Crippen molar-refractivity contribution >= 4 is 14.1 Å². The van der Waals surface area contributed by atoms with Crippen molar-refractivity contribution in [3.05, 3.63) is 0 Å². The van der Waals surface area contributed by atoms with Crippen LogP contribution in [0.25, 0.3) is 0 Å². The van der Waals surface area contributed by atoms with Crippen molar-refractivity contribution < 1.29 is 4.79 Å². The van der Waals surface area contributed by atoms with Gasteiger partial charge >= 0.3 is 0 Å². The van der Waals surface area contributed by atoms with Gasteiger partial charge in [0.05, 0.1) is 13.4 Å². The number of nitrogens with one attached hydrogen (secondary N) is 2. The van der Waals surface area contributed by atoms with Crippen molar-refractivity contribution in [1.82, 2.24) is 10.6 Å². The number of carbonyl (C=O) groups excluding carboxylic acids is 1. The number of hydrogen-bond donors (Lipinski definition) is 2. The smallest absolute Gasteiger partial charge is 0.141 e. The molecule has 1 aliphatic heterocycles. The van der Waals surface area contributed by atoms with Gasteiger partial charge in [-0.2, -0.15) is 0 Å². The van der Waals surface area contributed by atoms with Crippen LogP contribution in [-0.2, 0) is 4.79 Å². The molecule has 2 radical (unpaired) electrons. The zero-order chi connectivity index (χ0) is 9.73.